The SMILES string of the molecule is C[C@]12Cc3cnn(-c4ccc(F)cc4)c3C=C1CC[C@@H]2CC(NC(=O)CCc1cccc(O)c1)c1ccccc1. The van der Waals surface area contributed by atoms with E-state index in [1.165, 1.54) is 23.3 Å². The van der Waals surface area contributed by atoms with Gasteiger partial charge in [0.25, 0.3) is 0 Å². The molecule has 1 amide bonds. The molecule has 2 aliphatic carbocycles. The maximum absolute atomic E-state index is 13.5. The van der Waals surface area contributed by atoms with Crippen LogP contribution in [0.2, 0.25) is 0 Å². The highest BCUT2D eigenvalue weighted by molar-refractivity contribution is 5.76. The molecular formula is C34H34FN3O2. The van der Waals surface area contributed by atoms with Crippen molar-refractivity contribution in [3.8, 4) is 11.4 Å². The Morgan fingerprint density at radius 2 is 1.93 bits per heavy atom. The van der Waals surface area contributed by atoms with Gasteiger partial charge in [-0.3, -0.25) is 4.79 Å². The largest absolute Gasteiger partial charge is 0.508 e. The zero-order valence-electron chi connectivity index (χ0n) is 22.7. The van der Waals surface area contributed by atoms with Crippen molar-refractivity contribution in [2.75, 3.05) is 0 Å². The number of aryl methyl sites for hydroxylation is 1. The van der Waals surface area contributed by atoms with Crippen LogP contribution < -0.4 is 5.32 Å². The van der Waals surface area contributed by atoms with Crippen LogP contribution in [-0.4, -0.2) is 20.8 Å². The number of fused-ring (bicyclic) bond motifs is 2. The van der Waals surface area contributed by atoms with Crippen molar-refractivity contribution in [2.24, 2.45) is 11.3 Å². The number of aromatic nitrogens is 2. The van der Waals surface area contributed by atoms with E-state index in [9.17, 15) is 14.3 Å². The second-order valence-corrected chi connectivity index (χ2v) is 11.4. The first-order valence-corrected chi connectivity index (χ1v) is 14.1. The molecule has 1 unspecified atom stereocenters. The van der Waals surface area contributed by atoms with E-state index in [4.69, 9.17) is 0 Å². The van der Waals surface area contributed by atoms with Crippen LogP contribution in [0.5, 0.6) is 5.75 Å². The molecule has 40 heavy (non-hydrogen) atoms. The monoisotopic (exact) mass is 535 g/mol. The third kappa shape index (κ3) is 5.18. The molecule has 3 aromatic carbocycles. The number of allylic oxidation sites excluding steroid dienone is 1. The Bertz CT molecular complexity index is 1540. The van der Waals surface area contributed by atoms with Gasteiger partial charge in [0.2, 0.25) is 5.91 Å². The Morgan fingerprint density at radius 1 is 1.12 bits per heavy atom. The number of aromatic hydroxyl groups is 1. The Morgan fingerprint density at radius 3 is 2.70 bits per heavy atom. The van der Waals surface area contributed by atoms with Gasteiger partial charge in [-0.1, -0.05) is 55.0 Å². The summed E-state index contributed by atoms with van der Waals surface area (Å²) < 4.78 is 15.4. The summed E-state index contributed by atoms with van der Waals surface area (Å²) >= 11 is 0. The fourth-order valence-electron chi connectivity index (χ4n) is 6.58. The minimum absolute atomic E-state index is 0.0109. The molecule has 0 bridgehead atoms. The molecule has 6 rings (SSSR count). The summed E-state index contributed by atoms with van der Waals surface area (Å²) in [6.07, 6.45) is 9.03. The van der Waals surface area contributed by atoms with Crippen molar-refractivity contribution in [3.05, 3.63) is 119 Å². The van der Waals surface area contributed by atoms with E-state index in [0.717, 1.165) is 48.2 Å². The minimum atomic E-state index is -0.256. The van der Waals surface area contributed by atoms with Crippen LogP contribution in [-0.2, 0) is 17.6 Å². The molecule has 1 aromatic heterocycles. The number of nitrogens with one attached hydrogen (secondary N) is 1. The Labute approximate surface area is 234 Å². The first-order chi connectivity index (χ1) is 19.4. The molecule has 5 nitrogen and oxygen atoms in total. The van der Waals surface area contributed by atoms with Gasteiger partial charge in [0.05, 0.1) is 23.6 Å². The van der Waals surface area contributed by atoms with Crippen LogP contribution in [0, 0.1) is 17.2 Å². The predicted octanol–water partition coefficient (Wildman–Crippen LogP) is 6.95. The lowest BCUT2D eigenvalue weighted by molar-refractivity contribution is -0.122. The summed E-state index contributed by atoms with van der Waals surface area (Å²) in [6.45, 7) is 2.36. The van der Waals surface area contributed by atoms with Gasteiger partial charge in [-0.15, -0.1) is 0 Å². The molecular weight excluding hydrogens is 501 g/mol. The fourth-order valence-corrected chi connectivity index (χ4v) is 6.58. The lowest BCUT2D eigenvalue weighted by atomic mass is 9.68. The third-order valence-electron chi connectivity index (χ3n) is 8.83. The molecule has 0 radical (unpaired) electrons. The molecule has 0 saturated heterocycles. The second kappa shape index (κ2) is 10.8. The number of rotatable bonds is 8. The van der Waals surface area contributed by atoms with E-state index in [1.807, 2.05) is 35.1 Å². The number of carbonyl (C=O) groups is 1. The van der Waals surface area contributed by atoms with Crippen LogP contribution in [0.25, 0.3) is 11.8 Å². The number of carbonyl (C=O) groups excluding carboxylic acids is 1. The summed E-state index contributed by atoms with van der Waals surface area (Å²) in [6, 6.07) is 23.7. The van der Waals surface area contributed by atoms with Gasteiger partial charge in [-0.05, 0) is 103 Å². The molecule has 1 fully saturated rings. The quantitative estimate of drug-likeness (QED) is 0.257. The van der Waals surface area contributed by atoms with E-state index in [2.05, 4.69) is 35.5 Å². The van der Waals surface area contributed by atoms with E-state index in [0.29, 0.717) is 18.8 Å². The number of phenolic OH excluding ortho intramolecular Hbond substituents is 1. The van der Waals surface area contributed by atoms with Crippen LogP contribution in [0.1, 0.15) is 61.0 Å². The van der Waals surface area contributed by atoms with Gasteiger partial charge >= 0.3 is 0 Å². The standard InChI is InChI=1S/C34H34FN3O2/c1-34-21-25-22-36-38(29-15-13-28(35)14-16-29)32(25)20-27(34)12-11-26(34)19-31(24-7-3-2-4-8-24)37-33(40)17-10-23-6-5-9-30(39)18-23/h2-9,13-16,18,20,22,26,31,39H,10-12,17,19,21H2,1H3,(H,37,40)/t26-,31?,34-/m1/s1. The summed E-state index contributed by atoms with van der Waals surface area (Å²) in [5, 5.41) is 17.8. The molecule has 1 saturated carbocycles. The van der Waals surface area contributed by atoms with Crippen molar-refractivity contribution < 1.29 is 14.3 Å². The highest BCUT2D eigenvalue weighted by atomic mass is 19.1. The van der Waals surface area contributed by atoms with Crippen molar-refractivity contribution in [1.82, 2.24) is 15.1 Å². The van der Waals surface area contributed by atoms with Gasteiger partial charge in [0.15, 0.2) is 0 Å². The Kier molecular flexibility index (Phi) is 7.01. The van der Waals surface area contributed by atoms with Gasteiger partial charge in [0.1, 0.15) is 11.6 Å². The summed E-state index contributed by atoms with van der Waals surface area (Å²) in [7, 11) is 0. The maximum Gasteiger partial charge on any atom is 0.220 e. The fraction of sp³-hybridized carbons (Fsp3) is 0.294. The van der Waals surface area contributed by atoms with Crippen LogP contribution >= 0.6 is 0 Å². The number of hydrogen-bond acceptors (Lipinski definition) is 3. The molecule has 0 aliphatic heterocycles. The molecule has 2 N–H and O–H groups in total. The predicted molar refractivity (Wildman–Crippen MR) is 154 cm³/mol. The topological polar surface area (TPSA) is 67.2 Å². The Hall–Kier alpha value is -4.19. The van der Waals surface area contributed by atoms with E-state index in [-0.39, 0.29) is 28.9 Å². The first-order valence-electron chi connectivity index (χ1n) is 14.1. The second-order valence-electron chi connectivity index (χ2n) is 11.4. The van der Waals surface area contributed by atoms with Crippen LogP contribution in [0.4, 0.5) is 4.39 Å². The van der Waals surface area contributed by atoms with Gasteiger partial charge in [-0.25, -0.2) is 9.07 Å². The summed E-state index contributed by atoms with van der Waals surface area (Å²) in [5.74, 6) is 0.381. The number of halogens is 1. The summed E-state index contributed by atoms with van der Waals surface area (Å²) in [4.78, 5) is 13.1. The molecule has 4 aromatic rings. The minimum Gasteiger partial charge on any atom is -0.508 e. The van der Waals surface area contributed by atoms with Gasteiger partial charge < -0.3 is 10.4 Å². The maximum atomic E-state index is 13.5. The van der Waals surface area contributed by atoms with Crippen molar-refractivity contribution in [3.63, 3.8) is 0 Å². The van der Waals surface area contributed by atoms with E-state index < -0.39 is 0 Å². The molecule has 6 heteroatoms. The highest BCUT2D eigenvalue weighted by Crippen LogP contribution is 2.55. The lowest BCUT2D eigenvalue weighted by Crippen LogP contribution is -2.35. The number of benzene rings is 3. The molecule has 0 spiro atoms. The van der Waals surface area contributed by atoms with Crippen molar-refractivity contribution in [1.29, 1.82) is 0 Å². The first kappa shape index (κ1) is 26.1. The summed E-state index contributed by atoms with van der Waals surface area (Å²) in [5.41, 5.74) is 6.63. The normalized spacial score (nSPS) is 20.4. The van der Waals surface area contributed by atoms with Gasteiger partial charge in [0, 0.05) is 6.42 Å². The number of amides is 1. The third-order valence-corrected chi connectivity index (χ3v) is 8.83. The molecule has 2 aliphatic rings. The molecule has 1 heterocycles. The van der Waals surface area contributed by atoms with Gasteiger partial charge in [-0.2, -0.15) is 5.10 Å². The molecule has 204 valence electrons. The lowest BCUT2D eigenvalue weighted by Gasteiger charge is -2.37. The van der Waals surface area contributed by atoms with Crippen molar-refractivity contribution in [2.45, 2.75) is 51.5 Å². The zero-order valence-corrected chi connectivity index (χ0v) is 22.7. The van der Waals surface area contributed by atoms with E-state index in [1.54, 1.807) is 30.3 Å². The zero-order chi connectivity index (χ0) is 27.7. The number of hydrogen-bond donors (Lipinski definition) is 2. The Balaban J connectivity index is 1.20. The average Bonchev–Trinajstić information content (AvgIpc) is 3.50. The van der Waals surface area contributed by atoms with Crippen molar-refractivity contribution >= 4 is 12.0 Å². The molecule has 3 atom stereocenters. The number of phenols is 1. The number of nitrogens with zero attached hydrogens (tertiary/aromatic N) is 2. The average molecular weight is 536 g/mol. The van der Waals surface area contributed by atoms with Crippen LogP contribution in [0.15, 0.2) is 90.6 Å². The van der Waals surface area contributed by atoms with E-state index >= 15 is 0 Å². The van der Waals surface area contributed by atoms with Crippen LogP contribution in [0.3, 0.4) is 0 Å². The smallest absolute Gasteiger partial charge is 0.220 e. The highest BCUT2D eigenvalue weighted by Gasteiger charge is 2.46.